The fourth-order valence-corrected chi connectivity index (χ4v) is 3.19. The number of aromatic nitrogens is 1. The normalized spacial score (nSPS) is 14.0. The second-order valence-corrected chi connectivity index (χ2v) is 6.90. The Kier molecular flexibility index (Phi) is 6.59. The van der Waals surface area contributed by atoms with Crippen LogP contribution in [-0.2, 0) is 9.53 Å². The van der Waals surface area contributed by atoms with E-state index in [1.54, 1.807) is 12.0 Å². The van der Waals surface area contributed by atoms with Crippen molar-refractivity contribution >= 4 is 40.8 Å². The minimum atomic E-state index is -0.780. The minimum Gasteiger partial charge on any atom is -0.497 e. The lowest BCUT2D eigenvalue weighted by Crippen LogP contribution is -2.49. The number of rotatable bonds is 5. The van der Waals surface area contributed by atoms with Gasteiger partial charge in [-0.15, -0.1) is 0 Å². The lowest BCUT2D eigenvalue weighted by Gasteiger charge is -2.36. The summed E-state index contributed by atoms with van der Waals surface area (Å²) in [6, 6.07) is 10.7. The third kappa shape index (κ3) is 4.85. The largest absolute Gasteiger partial charge is 0.497 e. The minimum absolute atomic E-state index is 0.105. The van der Waals surface area contributed by atoms with E-state index in [9.17, 15) is 9.59 Å². The number of piperazine rings is 1. The van der Waals surface area contributed by atoms with Crippen molar-refractivity contribution in [3.05, 3.63) is 52.3 Å². The van der Waals surface area contributed by atoms with Crippen molar-refractivity contribution in [2.24, 2.45) is 0 Å². The Balaban J connectivity index is 1.49. The van der Waals surface area contributed by atoms with E-state index in [1.165, 1.54) is 12.1 Å². The Morgan fingerprint density at radius 2 is 1.71 bits per heavy atom. The first-order valence-electron chi connectivity index (χ1n) is 8.64. The predicted octanol–water partition coefficient (Wildman–Crippen LogP) is 2.90. The standard InChI is InChI=1S/C19H19Cl2N3O4/c1-27-14-4-2-13(3-5-14)23-8-10-24(11-9-23)17(25)12-28-19(26)18-15(20)6-7-16(21)22-18/h2-7H,8-12H2,1H3. The molecule has 2 aromatic rings. The van der Waals surface area contributed by atoms with Gasteiger partial charge in [-0.25, -0.2) is 9.78 Å². The van der Waals surface area contributed by atoms with Crippen LogP contribution in [0.5, 0.6) is 5.75 Å². The maximum atomic E-state index is 12.3. The Bertz CT molecular complexity index is 853. The van der Waals surface area contributed by atoms with Gasteiger partial charge in [0.2, 0.25) is 0 Å². The van der Waals surface area contributed by atoms with Crippen molar-refractivity contribution in [3.8, 4) is 5.75 Å². The van der Waals surface area contributed by atoms with Crippen molar-refractivity contribution in [1.29, 1.82) is 0 Å². The summed E-state index contributed by atoms with van der Waals surface area (Å²) in [5.41, 5.74) is 0.965. The molecule has 1 aliphatic heterocycles. The number of pyridine rings is 1. The molecule has 1 aromatic heterocycles. The Morgan fingerprint density at radius 1 is 1.04 bits per heavy atom. The average molecular weight is 424 g/mol. The summed E-state index contributed by atoms with van der Waals surface area (Å²) < 4.78 is 10.2. The van der Waals surface area contributed by atoms with Crippen LogP contribution in [0.2, 0.25) is 10.2 Å². The third-order valence-corrected chi connectivity index (χ3v) is 4.92. The summed E-state index contributed by atoms with van der Waals surface area (Å²) >= 11 is 11.7. The molecule has 0 aliphatic carbocycles. The van der Waals surface area contributed by atoms with Crippen LogP contribution in [0.4, 0.5) is 5.69 Å². The number of carbonyl (C=O) groups is 2. The number of benzene rings is 1. The van der Waals surface area contributed by atoms with Crippen LogP contribution >= 0.6 is 23.2 Å². The van der Waals surface area contributed by atoms with Crippen LogP contribution in [0.25, 0.3) is 0 Å². The van der Waals surface area contributed by atoms with E-state index in [1.807, 2.05) is 24.3 Å². The molecular weight excluding hydrogens is 405 g/mol. The van der Waals surface area contributed by atoms with Gasteiger partial charge in [-0.2, -0.15) is 0 Å². The molecule has 0 radical (unpaired) electrons. The smallest absolute Gasteiger partial charge is 0.359 e. The van der Waals surface area contributed by atoms with Crippen LogP contribution in [0.1, 0.15) is 10.5 Å². The molecule has 0 bridgehead atoms. The summed E-state index contributed by atoms with van der Waals surface area (Å²) in [5, 5.41) is 0.243. The molecule has 1 aliphatic rings. The molecule has 1 aromatic carbocycles. The molecule has 28 heavy (non-hydrogen) atoms. The van der Waals surface area contributed by atoms with Gasteiger partial charge in [0.05, 0.1) is 12.1 Å². The molecule has 2 heterocycles. The molecule has 1 fully saturated rings. The van der Waals surface area contributed by atoms with Crippen molar-refractivity contribution in [2.75, 3.05) is 44.8 Å². The SMILES string of the molecule is COc1ccc(N2CCN(C(=O)COC(=O)c3nc(Cl)ccc3Cl)CC2)cc1. The summed E-state index contributed by atoms with van der Waals surface area (Å²) in [6.45, 7) is 2.09. The summed E-state index contributed by atoms with van der Waals surface area (Å²) in [7, 11) is 1.63. The Morgan fingerprint density at radius 3 is 2.36 bits per heavy atom. The molecular formula is C19H19Cl2N3O4. The fraction of sp³-hybridized carbons (Fsp3) is 0.316. The molecule has 0 saturated carbocycles. The molecule has 1 amide bonds. The van der Waals surface area contributed by atoms with Gasteiger partial charge in [0, 0.05) is 31.9 Å². The van der Waals surface area contributed by atoms with Crippen LogP contribution in [0.3, 0.4) is 0 Å². The number of ether oxygens (including phenoxy) is 2. The molecule has 9 heteroatoms. The Labute approximate surface area is 172 Å². The fourth-order valence-electron chi connectivity index (χ4n) is 2.86. The van der Waals surface area contributed by atoms with Gasteiger partial charge in [0.1, 0.15) is 10.9 Å². The van der Waals surface area contributed by atoms with E-state index < -0.39 is 5.97 Å². The molecule has 1 saturated heterocycles. The second kappa shape index (κ2) is 9.12. The molecule has 0 spiro atoms. The van der Waals surface area contributed by atoms with Crippen molar-refractivity contribution < 1.29 is 19.1 Å². The van der Waals surface area contributed by atoms with Crippen LogP contribution in [0, 0.1) is 0 Å². The molecule has 3 rings (SSSR count). The van der Waals surface area contributed by atoms with Gasteiger partial charge in [-0.05, 0) is 36.4 Å². The number of carbonyl (C=O) groups excluding carboxylic acids is 2. The summed E-state index contributed by atoms with van der Waals surface area (Å²) in [5.74, 6) is -0.243. The van der Waals surface area contributed by atoms with E-state index >= 15 is 0 Å². The number of esters is 1. The molecule has 0 N–H and O–H groups in total. The van der Waals surface area contributed by atoms with Gasteiger partial charge in [-0.3, -0.25) is 4.79 Å². The molecule has 0 atom stereocenters. The van der Waals surface area contributed by atoms with Gasteiger partial charge in [-0.1, -0.05) is 23.2 Å². The first-order valence-corrected chi connectivity index (χ1v) is 9.39. The topological polar surface area (TPSA) is 72.0 Å². The number of hydrogen-bond donors (Lipinski definition) is 0. The third-order valence-electron chi connectivity index (χ3n) is 4.40. The highest BCUT2D eigenvalue weighted by Crippen LogP contribution is 2.21. The van der Waals surface area contributed by atoms with E-state index in [2.05, 4.69) is 9.88 Å². The van der Waals surface area contributed by atoms with Gasteiger partial charge >= 0.3 is 5.97 Å². The quantitative estimate of drug-likeness (QED) is 0.543. The second-order valence-electron chi connectivity index (χ2n) is 6.11. The van der Waals surface area contributed by atoms with Crippen molar-refractivity contribution in [2.45, 2.75) is 0 Å². The first kappa shape index (κ1) is 20.2. The highest BCUT2D eigenvalue weighted by molar-refractivity contribution is 6.34. The zero-order valence-corrected chi connectivity index (χ0v) is 16.7. The number of methoxy groups -OCH3 is 1. The number of amides is 1. The van der Waals surface area contributed by atoms with Crippen LogP contribution < -0.4 is 9.64 Å². The van der Waals surface area contributed by atoms with E-state index in [0.29, 0.717) is 26.2 Å². The lowest BCUT2D eigenvalue weighted by atomic mass is 10.2. The van der Waals surface area contributed by atoms with Crippen molar-refractivity contribution in [1.82, 2.24) is 9.88 Å². The van der Waals surface area contributed by atoms with Gasteiger partial charge < -0.3 is 19.3 Å². The maximum Gasteiger partial charge on any atom is 0.359 e. The van der Waals surface area contributed by atoms with E-state index in [0.717, 1.165) is 11.4 Å². The highest BCUT2D eigenvalue weighted by Gasteiger charge is 2.23. The number of halogens is 2. The van der Waals surface area contributed by atoms with E-state index in [4.69, 9.17) is 32.7 Å². The zero-order chi connectivity index (χ0) is 20.1. The number of hydrogen-bond acceptors (Lipinski definition) is 6. The maximum absolute atomic E-state index is 12.3. The molecule has 148 valence electrons. The average Bonchev–Trinajstić information content (AvgIpc) is 2.73. The molecule has 7 nitrogen and oxygen atoms in total. The highest BCUT2D eigenvalue weighted by atomic mass is 35.5. The molecule has 0 unspecified atom stereocenters. The monoisotopic (exact) mass is 423 g/mol. The zero-order valence-electron chi connectivity index (χ0n) is 15.2. The predicted molar refractivity (Wildman–Crippen MR) is 106 cm³/mol. The summed E-state index contributed by atoms with van der Waals surface area (Å²) in [6.07, 6.45) is 0. The number of anilines is 1. The van der Waals surface area contributed by atoms with Crippen LogP contribution in [0.15, 0.2) is 36.4 Å². The first-order chi connectivity index (χ1) is 13.5. The van der Waals surface area contributed by atoms with Gasteiger partial charge in [0.15, 0.2) is 12.3 Å². The van der Waals surface area contributed by atoms with Gasteiger partial charge in [0.25, 0.3) is 5.91 Å². The Hall–Kier alpha value is -2.51. The van der Waals surface area contributed by atoms with Crippen LogP contribution in [-0.4, -0.2) is 61.7 Å². The summed E-state index contributed by atoms with van der Waals surface area (Å²) in [4.78, 5) is 32.1. The van der Waals surface area contributed by atoms with Crippen molar-refractivity contribution in [3.63, 3.8) is 0 Å². The van der Waals surface area contributed by atoms with E-state index in [-0.39, 0.29) is 28.4 Å². The number of nitrogens with zero attached hydrogens (tertiary/aromatic N) is 3. The lowest BCUT2D eigenvalue weighted by molar-refractivity contribution is -0.134.